The van der Waals surface area contributed by atoms with Gasteiger partial charge in [0.05, 0.1) is 41.1 Å². The Morgan fingerprint density at radius 1 is 0.810 bits per heavy atom. The van der Waals surface area contributed by atoms with Crippen molar-refractivity contribution in [3.8, 4) is 17.2 Å². The van der Waals surface area contributed by atoms with Crippen LogP contribution in [0.25, 0.3) is 0 Å². The molecule has 1 amide bonds. The van der Waals surface area contributed by atoms with Crippen LogP contribution in [0.1, 0.15) is 52.8 Å². The third kappa shape index (κ3) is 10.2. The van der Waals surface area contributed by atoms with E-state index in [-0.39, 0.29) is 37.1 Å². The lowest BCUT2D eigenvalue weighted by atomic mass is 9.86. The van der Waals surface area contributed by atoms with E-state index in [1.54, 1.807) is 36.4 Å². The number of halogens is 2. The molecule has 330 valence electrons. The number of rotatable bonds is 16. The quantitative estimate of drug-likeness (QED) is 0.0961. The molecule has 63 heavy (non-hydrogen) atoms. The molecule has 0 aliphatic carbocycles. The van der Waals surface area contributed by atoms with E-state index in [2.05, 4.69) is 15.2 Å². The number of methoxy groups -OCH3 is 2. The molecule has 16 heteroatoms. The average Bonchev–Trinajstić information content (AvgIpc) is 3.28. The highest BCUT2D eigenvalue weighted by atomic mass is 35.5. The highest BCUT2D eigenvalue weighted by Crippen LogP contribution is 2.37. The summed E-state index contributed by atoms with van der Waals surface area (Å²) in [5, 5.41) is 3.72. The highest BCUT2D eigenvalue weighted by Gasteiger charge is 2.42. The molecular formula is C47H48Cl2N4O9S. The van der Waals surface area contributed by atoms with Gasteiger partial charge in [-0.05, 0) is 96.1 Å². The molecule has 0 spiro atoms. The van der Waals surface area contributed by atoms with Crippen molar-refractivity contribution in [1.82, 2.24) is 19.5 Å². The minimum absolute atomic E-state index is 0.0616. The third-order valence-electron chi connectivity index (χ3n) is 11.9. The van der Waals surface area contributed by atoms with Crippen molar-refractivity contribution in [3.05, 3.63) is 147 Å². The van der Waals surface area contributed by atoms with Crippen molar-refractivity contribution in [2.24, 2.45) is 11.8 Å². The Morgan fingerprint density at radius 3 is 2.22 bits per heavy atom. The molecule has 5 aromatic rings. The first-order chi connectivity index (χ1) is 30.5. The number of pyridine rings is 1. The lowest BCUT2D eigenvalue weighted by Gasteiger charge is -2.43. The smallest absolute Gasteiger partial charge is 0.408 e. The summed E-state index contributed by atoms with van der Waals surface area (Å²) in [5.74, 6) is 0.582. The van der Waals surface area contributed by atoms with Crippen LogP contribution < -0.4 is 19.5 Å². The predicted octanol–water partition coefficient (Wildman–Crippen LogP) is 8.04. The number of benzene rings is 4. The molecule has 1 aromatic heterocycles. The van der Waals surface area contributed by atoms with Gasteiger partial charge in [0.2, 0.25) is 10.0 Å². The van der Waals surface area contributed by atoms with Gasteiger partial charge in [-0.3, -0.25) is 14.7 Å². The number of aromatic nitrogens is 1. The minimum atomic E-state index is -3.96. The van der Waals surface area contributed by atoms with Gasteiger partial charge >= 0.3 is 12.1 Å². The number of hydrogen-bond acceptors (Lipinski definition) is 11. The van der Waals surface area contributed by atoms with Gasteiger partial charge in [-0.1, -0.05) is 83.9 Å². The van der Waals surface area contributed by atoms with Crippen LogP contribution in [0.2, 0.25) is 10.0 Å². The molecule has 4 aromatic carbocycles. The summed E-state index contributed by atoms with van der Waals surface area (Å²) in [6.45, 7) is 2.82. The lowest BCUT2D eigenvalue weighted by molar-refractivity contribution is -0.158. The van der Waals surface area contributed by atoms with Crippen molar-refractivity contribution in [1.29, 1.82) is 0 Å². The molecule has 13 nitrogen and oxygen atoms in total. The highest BCUT2D eigenvalue weighted by molar-refractivity contribution is 7.89. The zero-order valence-electron chi connectivity index (χ0n) is 34.8. The van der Waals surface area contributed by atoms with E-state index in [9.17, 15) is 18.0 Å². The molecule has 1 N–H and O–H groups in total. The van der Waals surface area contributed by atoms with Gasteiger partial charge < -0.3 is 29.0 Å². The third-order valence-corrected chi connectivity index (χ3v) is 14.4. The average molecular weight is 916 g/mol. The topological polar surface area (TPSA) is 146 Å². The SMILES string of the molecule is COc1ccc([C@H](Cc2c(Cl)cncc2Cl)OC(=O)C2CN(S(=O)(=O)c3cccc(COc4cccc([C@@H](NC(=O)O[C@H]5CN6CCC5CC6)c5ccccc5)c4)c3)C2)cc1OC. The van der Waals surface area contributed by atoms with E-state index in [0.29, 0.717) is 49.9 Å². The van der Waals surface area contributed by atoms with Gasteiger partial charge in [0, 0.05) is 38.4 Å². The molecule has 4 aliphatic rings. The monoisotopic (exact) mass is 914 g/mol. The zero-order chi connectivity index (χ0) is 44.1. The second kappa shape index (κ2) is 19.6. The van der Waals surface area contributed by atoms with Crippen molar-refractivity contribution in [3.63, 3.8) is 0 Å². The number of fused-ring (bicyclic) bond motifs is 3. The van der Waals surface area contributed by atoms with Gasteiger partial charge in [0.1, 0.15) is 24.6 Å². The van der Waals surface area contributed by atoms with Gasteiger partial charge in [0.15, 0.2) is 11.5 Å². The summed E-state index contributed by atoms with van der Waals surface area (Å²) in [6.07, 6.45) is 3.70. The molecule has 0 unspecified atom stereocenters. The fourth-order valence-electron chi connectivity index (χ4n) is 8.35. The number of carbonyl (C=O) groups is 2. The Balaban J connectivity index is 0.905. The number of nitrogens with one attached hydrogen (secondary N) is 1. The van der Waals surface area contributed by atoms with Crippen molar-refractivity contribution in [2.75, 3.05) is 46.9 Å². The number of carbonyl (C=O) groups excluding carboxylic acids is 2. The molecule has 2 bridgehead atoms. The van der Waals surface area contributed by atoms with Crippen LogP contribution in [0.15, 0.2) is 114 Å². The van der Waals surface area contributed by atoms with Crippen molar-refractivity contribution >= 4 is 45.3 Å². The van der Waals surface area contributed by atoms with Gasteiger partial charge in [-0.15, -0.1) is 0 Å². The number of alkyl carbamates (subject to hydrolysis) is 1. The molecule has 3 atom stereocenters. The summed E-state index contributed by atoms with van der Waals surface area (Å²) in [4.78, 5) is 33.4. The molecule has 9 rings (SSSR count). The summed E-state index contributed by atoms with van der Waals surface area (Å²) in [7, 11) is -0.935. The number of hydrogen-bond donors (Lipinski definition) is 1. The number of sulfonamides is 1. The first-order valence-electron chi connectivity index (χ1n) is 20.8. The maximum Gasteiger partial charge on any atom is 0.408 e. The molecule has 4 fully saturated rings. The van der Waals surface area contributed by atoms with Gasteiger partial charge in [0.25, 0.3) is 0 Å². The summed E-state index contributed by atoms with van der Waals surface area (Å²) >= 11 is 12.9. The van der Waals surface area contributed by atoms with E-state index < -0.39 is 40.1 Å². The molecular weight excluding hydrogens is 868 g/mol. The maximum atomic E-state index is 13.8. The fraction of sp³-hybridized carbons (Fsp3) is 0.340. The Kier molecular flexibility index (Phi) is 13.7. The van der Waals surface area contributed by atoms with Gasteiger partial charge in [-0.25, -0.2) is 13.2 Å². The van der Waals surface area contributed by atoms with E-state index in [0.717, 1.165) is 43.6 Å². The van der Waals surface area contributed by atoms with Crippen molar-refractivity contribution in [2.45, 2.75) is 49.0 Å². The number of amides is 1. The Hall–Kier alpha value is -5.38. The Morgan fingerprint density at radius 2 is 1.52 bits per heavy atom. The van der Waals surface area contributed by atoms with Crippen molar-refractivity contribution < 1.29 is 41.7 Å². The number of piperidine rings is 3. The van der Waals surface area contributed by atoms with Crippen LogP contribution in [-0.4, -0.2) is 87.7 Å². The fourth-order valence-corrected chi connectivity index (χ4v) is 10.5. The number of esters is 1. The largest absolute Gasteiger partial charge is 0.493 e. The van der Waals surface area contributed by atoms with Gasteiger partial charge in [-0.2, -0.15) is 4.31 Å². The lowest BCUT2D eigenvalue weighted by Crippen LogP contribution is -2.53. The Bertz CT molecular complexity index is 2520. The Labute approximate surface area is 377 Å². The minimum Gasteiger partial charge on any atom is -0.493 e. The van der Waals surface area contributed by atoms with Crippen LogP contribution in [0, 0.1) is 11.8 Å². The molecule has 4 aliphatic heterocycles. The number of nitrogens with zero attached hydrogens (tertiary/aromatic N) is 3. The first kappa shape index (κ1) is 44.2. The molecule has 4 saturated heterocycles. The van der Waals surface area contributed by atoms with E-state index >= 15 is 0 Å². The number of ether oxygens (including phenoxy) is 5. The standard InChI is InChI=1S/C47H48Cl2N4O9S/c1-58-41-15-14-33(22-43(41)59-2)42(23-38-39(48)24-50-25-40(38)49)61-46(54)35-26-53(27-35)63(56,57)37-13-6-8-30(20-37)29-60-36-12-7-11-34(21-36)45(32-9-4-3-5-10-32)51-47(55)62-44-28-52-18-16-31(44)17-19-52/h3-15,20-22,24-25,31,35,42,44-45H,16-19,23,26-29H2,1-2H3,(H,51,55)/t42-,44-,45-/m0/s1. The van der Waals surface area contributed by atoms with Crippen LogP contribution in [0.5, 0.6) is 17.2 Å². The maximum absolute atomic E-state index is 13.8. The molecule has 5 heterocycles. The van der Waals surface area contributed by atoms with E-state index in [1.165, 1.54) is 37.0 Å². The first-order valence-corrected chi connectivity index (χ1v) is 22.9. The predicted molar refractivity (Wildman–Crippen MR) is 237 cm³/mol. The van der Waals surface area contributed by atoms with E-state index in [4.69, 9.17) is 46.9 Å². The van der Waals surface area contributed by atoms with Crippen LogP contribution in [0.3, 0.4) is 0 Å². The van der Waals surface area contributed by atoms with Crippen LogP contribution in [-0.2, 0) is 37.3 Å². The summed E-state index contributed by atoms with van der Waals surface area (Å²) in [5.41, 5.74) is 3.46. The molecule has 0 saturated carbocycles. The van der Waals surface area contributed by atoms with E-state index in [1.807, 2.05) is 54.6 Å². The summed E-state index contributed by atoms with van der Waals surface area (Å²) in [6, 6.07) is 28.3. The zero-order valence-corrected chi connectivity index (χ0v) is 37.2. The van der Waals surface area contributed by atoms with Crippen LogP contribution in [0.4, 0.5) is 4.79 Å². The summed E-state index contributed by atoms with van der Waals surface area (Å²) < 4.78 is 58.0. The second-order valence-corrected chi connectivity index (χ2v) is 18.7. The van der Waals surface area contributed by atoms with Crippen LogP contribution >= 0.6 is 23.2 Å². The molecule has 0 radical (unpaired) electrons. The second-order valence-electron chi connectivity index (χ2n) is 15.9. The normalized spacial score (nSPS) is 19.6.